The Labute approximate surface area is 173 Å². The zero-order chi connectivity index (χ0) is 21.3. The van der Waals surface area contributed by atoms with Gasteiger partial charge in [0, 0.05) is 49.7 Å². The quantitative estimate of drug-likeness (QED) is 0.715. The number of nitrogens with zero attached hydrogens (tertiary/aromatic N) is 4. The number of hydrogen-bond donors (Lipinski definition) is 1. The molecule has 3 aromatic rings. The molecule has 156 valence electrons. The second-order valence-electron chi connectivity index (χ2n) is 7.44. The van der Waals surface area contributed by atoms with E-state index in [9.17, 15) is 13.6 Å². The molecule has 0 bridgehead atoms. The molecule has 8 heteroatoms. The monoisotopic (exact) mass is 411 g/mol. The highest BCUT2D eigenvalue weighted by Crippen LogP contribution is 2.24. The van der Waals surface area contributed by atoms with Crippen LogP contribution in [0.4, 0.5) is 20.3 Å². The summed E-state index contributed by atoms with van der Waals surface area (Å²) in [5.74, 6) is -1.36. The first kappa shape index (κ1) is 20.0. The summed E-state index contributed by atoms with van der Waals surface area (Å²) in [5, 5.41) is 7.09. The number of halogens is 2. The Kier molecular flexibility index (Phi) is 5.50. The molecule has 1 aromatic heterocycles. The number of aromatic nitrogens is 2. The minimum Gasteiger partial charge on any atom is -0.368 e. The number of benzene rings is 2. The first-order valence-corrected chi connectivity index (χ1v) is 9.78. The van der Waals surface area contributed by atoms with Gasteiger partial charge in [-0.15, -0.1) is 5.10 Å². The van der Waals surface area contributed by atoms with Crippen LogP contribution in [0.3, 0.4) is 0 Å². The Morgan fingerprint density at radius 1 is 1.00 bits per heavy atom. The molecule has 0 aliphatic carbocycles. The van der Waals surface area contributed by atoms with Crippen molar-refractivity contribution < 1.29 is 13.6 Å². The molecule has 0 radical (unpaired) electrons. The van der Waals surface area contributed by atoms with E-state index in [1.165, 1.54) is 16.8 Å². The number of rotatable bonds is 4. The summed E-state index contributed by atoms with van der Waals surface area (Å²) in [5.41, 5.74) is 2.17. The van der Waals surface area contributed by atoms with Gasteiger partial charge in [0.25, 0.3) is 5.91 Å². The molecule has 1 aliphatic heterocycles. The summed E-state index contributed by atoms with van der Waals surface area (Å²) in [4.78, 5) is 17.4. The number of amides is 1. The molecule has 30 heavy (non-hydrogen) atoms. The highest BCUT2D eigenvalue weighted by molar-refractivity contribution is 6.07. The van der Waals surface area contributed by atoms with Crippen LogP contribution in [0.5, 0.6) is 0 Å². The van der Waals surface area contributed by atoms with E-state index in [2.05, 4.69) is 27.3 Å². The van der Waals surface area contributed by atoms with Gasteiger partial charge in [-0.25, -0.2) is 13.5 Å². The molecule has 2 aromatic carbocycles. The predicted molar refractivity (Wildman–Crippen MR) is 112 cm³/mol. The fourth-order valence-electron chi connectivity index (χ4n) is 3.60. The predicted octanol–water partition coefficient (Wildman–Crippen LogP) is 3.46. The molecular weight excluding hydrogens is 388 g/mol. The van der Waals surface area contributed by atoms with Gasteiger partial charge in [0.2, 0.25) is 0 Å². The molecule has 1 saturated heterocycles. The first-order chi connectivity index (χ1) is 14.4. The van der Waals surface area contributed by atoms with Crippen LogP contribution in [0.1, 0.15) is 16.1 Å². The Balaban J connectivity index is 1.57. The number of para-hydroxylation sites is 1. The van der Waals surface area contributed by atoms with Crippen molar-refractivity contribution in [3.8, 4) is 5.69 Å². The van der Waals surface area contributed by atoms with Crippen LogP contribution in [0.25, 0.3) is 5.69 Å². The van der Waals surface area contributed by atoms with E-state index in [0.717, 1.165) is 37.9 Å². The van der Waals surface area contributed by atoms with Gasteiger partial charge >= 0.3 is 0 Å². The lowest BCUT2D eigenvalue weighted by Crippen LogP contribution is -2.45. The Morgan fingerprint density at radius 3 is 2.47 bits per heavy atom. The molecule has 4 rings (SSSR count). The minimum absolute atomic E-state index is 0.118. The zero-order valence-corrected chi connectivity index (χ0v) is 16.9. The molecule has 0 saturated carbocycles. The van der Waals surface area contributed by atoms with Gasteiger partial charge in [0.15, 0.2) is 11.6 Å². The number of carbonyl (C=O) groups is 1. The van der Waals surface area contributed by atoms with E-state index in [-0.39, 0.29) is 11.6 Å². The number of likely N-dealkylation sites (N-methyl/N-ethyl adjacent to an activating group) is 1. The number of nitrogens with one attached hydrogen (secondary N) is 1. The molecule has 0 spiro atoms. The SMILES string of the molecule is Cc1cc(NC(=O)c2ccccc2N2CCN(C)CC2)nn1-c1ccc(F)cc1F. The van der Waals surface area contributed by atoms with Gasteiger partial charge in [0.05, 0.1) is 5.56 Å². The minimum atomic E-state index is -0.723. The van der Waals surface area contributed by atoms with E-state index in [1.807, 2.05) is 18.2 Å². The van der Waals surface area contributed by atoms with Gasteiger partial charge in [-0.1, -0.05) is 12.1 Å². The third-order valence-electron chi connectivity index (χ3n) is 5.26. The molecule has 1 fully saturated rings. The molecule has 6 nitrogen and oxygen atoms in total. The fourth-order valence-corrected chi connectivity index (χ4v) is 3.60. The van der Waals surface area contributed by atoms with Crippen molar-refractivity contribution in [1.29, 1.82) is 0 Å². The highest BCUT2D eigenvalue weighted by atomic mass is 19.1. The number of anilines is 2. The van der Waals surface area contributed by atoms with Crippen molar-refractivity contribution in [3.63, 3.8) is 0 Å². The second-order valence-corrected chi connectivity index (χ2v) is 7.44. The average molecular weight is 411 g/mol. The topological polar surface area (TPSA) is 53.4 Å². The summed E-state index contributed by atoms with van der Waals surface area (Å²) >= 11 is 0. The van der Waals surface area contributed by atoms with E-state index < -0.39 is 11.6 Å². The summed E-state index contributed by atoms with van der Waals surface area (Å²) in [6.45, 7) is 5.30. The van der Waals surface area contributed by atoms with E-state index in [4.69, 9.17) is 0 Å². The molecule has 1 amide bonds. The maximum atomic E-state index is 14.1. The lowest BCUT2D eigenvalue weighted by molar-refractivity contribution is 0.102. The number of hydrogen-bond acceptors (Lipinski definition) is 4. The van der Waals surface area contributed by atoms with Crippen LogP contribution >= 0.6 is 0 Å². The van der Waals surface area contributed by atoms with Crippen LogP contribution < -0.4 is 10.2 Å². The van der Waals surface area contributed by atoms with Gasteiger partial charge in [-0.2, -0.15) is 0 Å². The summed E-state index contributed by atoms with van der Waals surface area (Å²) in [6, 6.07) is 12.4. The highest BCUT2D eigenvalue weighted by Gasteiger charge is 2.21. The number of carbonyl (C=O) groups excluding carboxylic acids is 1. The molecule has 1 aliphatic rings. The lowest BCUT2D eigenvalue weighted by atomic mass is 10.1. The molecule has 2 heterocycles. The number of piperazine rings is 1. The smallest absolute Gasteiger partial charge is 0.258 e. The van der Waals surface area contributed by atoms with Crippen LogP contribution in [0, 0.1) is 18.6 Å². The van der Waals surface area contributed by atoms with Gasteiger partial charge in [-0.3, -0.25) is 4.79 Å². The van der Waals surface area contributed by atoms with Crippen molar-refractivity contribution in [2.24, 2.45) is 0 Å². The third-order valence-corrected chi connectivity index (χ3v) is 5.26. The Morgan fingerprint density at radius 2 is 1.73 bits per heavy atom. The van der Waals surface area contributed by atoms with Gasteiger partial charge in [0.1, 0.15) is 11.5 Å². The van der Waals surface area contributed by atoms with Crippen LogP contribution in [0.15, 0.2) is 48.5 Å². The normalized spacial score (nSPS) is 14.7. The fraction of sp³-hybridized carbons (Fsp3) is 0.273. The third kappa shape index (κ3) is 4.04. The summed E-state index contributed by atoms with van der Waals surface area (Å²) in [7, 11) is 2.08. The largest absolute Gasteiger partial charge is 0.368 e. The van der Waals surface area contributed by atoms with Gasteiger partial charge < -0.3 is 15.1 Å². The molecular formula is C22H23F2N5O. The lowest BCUT2D eigenvalue weighted by Gasteiger charge is -2.34. The van der Waals surface area contributed by atoms with Crippen molar-refractivity contribution >= 4 is 17.4 Å². The standard InChI is InChI=1S/C22H23F2N5O/c1-15-13-21(26-29(15)20-8-7-16(23)14-18(20)24)25-22(30)17-5-3-4-6-19(17)28-11-9-27(2)10-12-28/h3-8,13-14H,9-12H2,1-2H3,(H,25,26,30). The zero-order valence-electron chi connectivity index (χ0n) is 16.9. The van der Waals surface area contributed by atoms with E-state index >= 15 is 0 Å². The summed E-state index contributed by atoms with van der Waals surface area (Å²) < 4.78 is 28.7. The van der Waals surface area contributed by atoms with Crippen molar-refractivity contribution in [1.82, 2.24) is 14.7 Å². The molecule has 1 N–H and O–H groups in total. The van der Waals surface area contributed by atoms with Crippen LogP contribution in [-0.2, 0) is 0 Å². The second kappa shape index (κ2) is 8.23. The average Bonchev–Trinajstić information content (AvgIpc) is 3.08. The maximum absolute atomic E-state index is 14.1. The van der Waals surface area contributed by atoms with Gasteiger partial charge in [-0.05, 0) is 38.2 Å². The maximum Gasteiger partial charge on any atom is 0.258 e. The van der Waals surface area contributed by atoms with Crippen molar-refractivity contribution in [3.05, 3.63) is 71.4 Å². The van der Waals surface area contributed by atoms with Crippen LogP contribution in [-0.4, -0.2) is 53.8 Å². The molecule has 0 unspecified atom stereocenters. The van der Waals surface area contributed by atoms with Crippen molar-refractivity contribution in [2.75, 3.05) is 43.4 Å². The van der Waals surface area contributed by atoms with Crippen LogP contribution in [0.2, 0.25) is 0 Å². The van der Waals surface area contributed by atoms with E-state index in [0.29, 0.717) is 17.1 Å². The first-order valence-electron chi connectivity index (χ1n) is 9.78. The Bertz CT molecular complexity index is 1070. The van der Waals surface area contributed by atoms with Crippen molar-refractivity contribution in [2.45, 2.75) is 6.92 Å². The molecule has 0 atom stereocenters. The number of aryl methyl sites for hydroxylation is 1. The summed E-state index contributed by atoms with van der Waals surface area (Å²) in [6.07, 6.45) is 0. The van der Waals surface area contributed by atoms with E-state index in [1.54, 1.807) is 19.1 Å². The Hall–Kier alpha value is -3.26.